The molecule has 0 aliphatic rings. The van der Waals surface area contributed by atoms with Crippen molar-refractivity contribution in [3.05, 3.63) is 75.3 Å². The first kappa shape index (κ1) is 25.1. The van der Waals surface area contributed by atoms with E-state index in [9.17, 15) is 18.0 Å². The number of fused-ring (bicyclic) bond motifs is 1. The average molecular weight is 494 g/mol. The van der Waals surface area contributed by atoms with Crippen molar-refractivity contribution in [1.29, 1.82) is 0 Å². The van der Waals surface area contributed by atoms with E-state index in [-0.39, 0.29) is 13.1 Å². The molecule has 1 aromatic carbocycles. The van der Waals surface area contributed by atoms with Crippen LogP contribution < -0.4 is 22.6 Å². The van der Waals surface area contributed by atoms with Crippen LogP contribution >= 0.6 is 11.6 Å². The molecule has 180 valence electrons. The Morgan fingerprint density at radius 1 is 1.21 bits per heavy atom. The molecular formula is C22H23ClF3N7O. The predicted molar refractivity (Wildman–Crippen MR) is 124 cm³/mol. The number of anilines is 1. The molecule has 34 heavy (non-hydrogen) atoms. The molecule has 0 saturated heterocycles. The molecule has 0 spiro atoms. The van der Waals surface area contributed by atoms with E-state index < -0.39 is 23.5 Å². The summed E-state index contributed by atoms with van der Waals surface area (Å²) in [6, 6.07) is 8.23. The third-order valence-electron chi connectivity index (χ3n) is 5.13. The number of alkyl halides is 3. The van der Waals surface area contributed by atoms with Gasteiger partial charge in [0.15, 0.2) is 0 Å². The van der Waals surface area contributed by atoms with Gasteiger partial charge in [0.1, 0.15) is 17.2 Å². The lowest BCUT2D eigenvalue weighted by Crippen LogP contribution is -2.43. The van der Waals surface area contributed by atoms with Crippen molar-refractivity contribution in [2.45, 2.75) is 33.1 Å². The van der Waals surface area contributed by atoms with Crippen LogP contribution in [0.2, 0.25) is 5.02 Å². The summed E-state index contributed by atoms with van der Waals surface area (Å²) in [5.41, 5.74) is 11.6. The number of nitrogens with two attached hydrogens (primary N) is 3. The van der Waals surface area contributed by atoms with Crippen molar-refractivity contribution in [3.63, 3.8) is 0 Å². The minimum Gasteiger partial charge on any atom is -0.393 e. The number of nitrogens with zero attached hydrogens (tertiary/aromatic N) is 3. The standard InChI is InChI=1S/C22H23ClF3N7O/c1-11-5-18(27)32-12(2)16(11)9-31-21(34)19(20(28)22(24,25)26)33(29)10-13-3-4-17-14(6-13)7-15(23)8-30-17/h3-8H,9-10,28-29H2,1-2H3,(H2,27,32)(H,31,34)/b20-19-. The molecule has 1 amide bonds. The molecule has 0 fully saturated rings. The summed E-state index contributed by atoms with van der Waals surface area (Å²) in [6.45, 7) is 3.11. The molecule has 0 bridgehead atoms. The molecule has 3 rings (SSSR count). The van der Waals surface area contributed by atoms with Crippen molar-refractivity contribution in [2.24, 2.45) is 11.6 Å². The van der Waals surface area contributed by atoms with Gasteiger partial charge in [-0.15, -0.1) is 0 Å². The Morgan fingerprint density at radius 3 is 2.56 bits per heavy atom. The summed E-state index contributed by atoms with van der Waals surface area (Å²) in [7, 11) is 0. The van der Waals surface area contributed by atoms with Crippen LogP contribution in [0.4, 0.5) is 19.0 Å². The van der Waals surface area contributed by atoms with Gasteiger partial charge in [-0.1, -0.05) is 17.7 Å². The molecule has 0 atom stereocenters. The van der Waals surface area contributed by atoms with E-state index in [1.807, 2.05) is 0 Å². The van der Waals surface area contributed by atoms with Crippen molar-refractivity contribution < 1.29 is 18.0 Å². The third-order valence-corrected chi connectivity index (χ3v) is 5.33. The fraction of sp³-hybridized carbons (Fsp3) is 0.227. The second-order valence-electron chi connectivity index (χ2n) is 7.68. The summed E-state index contributed by atoms with van der Waals surface area (Å²) in [6.07, 6.45) is -3.49. The highest BCUT2D eigenvalue weighted by Crippen LogP contribution is 2.26. The number of hydrogen-bond acceptors (Lipinski definition) is 7. The Morgan fingerprint density at radius 2 is 1.91 bits per heavy atom. The smallest absolute Gasteiger partial charge is 0.393 e. The van der Waals surface area contributed by atoms with Crippen molar-refractivity contribution >= 4 is 34.2 Å². The van der Waals surface area contributed by atoms with Crippen LogP contribution in [0, 0.1) is 13.8 Å². The maximum absolute atomic E-state index is 13.5. The van der Waals surface area contributed by atoms with Gasteiger partial charge in [-0.3, -0.25) is 14.8 Å². The molecule has 7 N–H and O–H groups in total. The van der Waals surface area contributed by atoms with E-state index >= 15 is 0 Å². The molecule has 2 aromatic heterocycles. The van der Waals surface area contributed by atoms with Gasteiger partial charge in [-0.05, 0) is 54.8 Å². The zero-order chi connectivity index (χ0) is 25.2. The van der Waals surface area contributed by atoms with Crippen molar-refractivity contribution in [2.75, 3.05) is 5.73 Å². The number of aromatic nitrogens is 2. The summed E-state index contributed by atoms with van der Waals surface area (Å²) < 4.78 is 40.4. The van der Waals surface area contributed by atoms with Crippen molar-refractivity contribution in [1.82, 2.24) is 20.3 Å². The number of aryl methyl sites for hydroxylation is 2. The van der Waals surface area contributed by atoms with E-state index in [0.717, 1.165) is 5.56 Å². The number of pyridine rings is 2. The lowest BCUT2D eigenvalue weighted by molar-refractivity contribution is -0.122. The normalized spacial score (nSPS) is 12.4. The molecule has 8 nitrogen and oxygen atoms in total. The van der Waals surface area contributed by atoms with Gasteiger partial charge in [0.2, 0.25) is 0 Å². The first-order valence-electron chi connectivity index (χ1n) is 10.0. The Labute approximate surface area is 198 Å². The third kappa shape index (κ3) is 5.67. The van der Waals surface area contributed by atoms with Gasteiger partial charge in [0.05, 0.1) is 17.1 Å². The molecule has 0 radical (unpaired) electrons. The fourth-order valence-corrected chi connectivity index (χ4v) is 3.64. The highest BCUT2D eigenvalue weighted by Gasteiger charge is 2.38. The number of allylic oxidation sites excluding steroid dienone is 1. The van der Waals surface area contributed by atoms with Gasteiger partial charge >= 0.3 is 6.18 Å². The Balaban J connectivity index is 1.88. The number of nitrogens with one attached hydrogen (secondary N) is 1. The largest absolute Gasteiger partial charge is 0.433 e. The van der Waals surface area contributed by atoms with E-state index in [1.54, 1.807) is 44.2 Å². The molecule has 0 aliphatic heterocycles. The molecular weight excluding hydrogens is 471 g/mol. The minimum absolute atomic E-state index is 0.0909. The van der Waals surface area contributed by atoms with Crippen LogP contribution in [0.15, 0.2) is 47.9 Å². The number of amides is 1. The van der Waals surface area contributed by atoms with E-state index in [0.29, 0.717) is 43.6 Å². The first-order chi connectivity index (χ1) is 15.9. The van der Waals surface area contributed by atoms with E-state index in [4.69, 9.17) is 28.9 Å². The van der Waals surface area contributed by atoms with Crippen molar-refractivity contribution in [3.8, 4) is 0 Å². The summed E-state index contributed by atoms with van der Waals surface area (Å²) in [5, 5.41) is 4.18. The summed E-state index contributed by atoms with van der Waals surface area (Å²) >= 11 is 5.97. The van der Waals surface area contributed by atoms with Gasteiger partial charge in [0.25, 0.3) is 5.91 Å². The average Bonchev–Trinajstić information content (AvgIpc) is 2.72. The topological polar surface area (TPSA) is 136 Å². The highest BCUT2D eigenvalue weighted by atomic mass is 35.5. The quantitative estimate of drug-likeness (QED) is 0.235. The number of nitrogen functional groups attached to an aromatic ring is 1. The molecule has 12 heteroatoms. The zero-order valence-corrected chi connectivity index (χ0v) is 19.1. The van der Waals surface area contributed by atoms with Gasteiger partial charge in [0, 0.05) is 23.8 Å². The zero-order valence-electron chi connectivity index (χ0n) is 18.4. The molecule has 3 aromatic rings. The molecule has 0 aliphatic carbocycles. The summed E-state index contributed by atoms with van der Waals surface area (Å²) in [4.78, 5) is 21.1. The minimum atomic E-state index is -4.97. The lowest BCUT2D eigenvalue weighted by Gasteiger charge is -2.24. The second-order valence-corrected chi connectivity index (χ2v) is 8.12. The molecule has 2 heterocycles. The fourth-order valence-electron chi connectivity index (χ4n) is 3.48. The Kier molecular flexibility index (Phi) is 7.18. The molecule has 0 unspecified atom stereocenters. The van der Waals surface area contributed by atoms with Crippen LogP contribution in [-0.4, -0.2) is 27.1 Å². The number of carbonyl (C=O) groups is 1. The van der Waals surface area contributed by atoms with Crippen LogP contribution in [0.5, 0.6) is 0 Å². The monoisotopic (exact) mass is 493 g/mol. The maximum Gasteiger partial charge on any atom is 0.433 e. The lowest BCUT2D eigenvalue weighted by atomic mass is 10.1. The van der Waals surface area contributed by atoms with Gasteiger partial charge < -0.3 is 16.8 Å². The maximum atomic E-state index is 13.5. The van der Waals surface area contributed by atoms with Crippen LogP contribution in [0.1, 0.15) is 22.4 Å². The van der Waals surface area contributed by atoms with Crippen LogP contribution in [0.25, 0.3) is 10.9 Å². The highest BCUT2D eigenvalue weighted by molar-refractivity contribution is 6.31. The predicted octanol–water partition coefficient (Wildman–Crippen LogP) is 3.21. The number of halogens is 4. The number of hydrazine groups is 1. The van der Waals surface area contributed by atoms with E-state index in [1.165, 1.54) is 6.20 Å². The van der Waals surface area contributed by atoms with Crippen LogP contribution in [0.3, 0.4) is 0 Å². The Hall–Kier alpha value is -3.57. The number of hydrogen-bond donors (Lipinski definition) is 4. The van der Waals surface area contributed by atoms with E-state index in [2.05, 4.69) is 15.3 Å². The SMILES string of the molecule is Cc1cc(N)nc(C)c1CNC(=O)/C(=C(/N)C(F)(F)F)N(N)Cc1ccc2ncc(Cl)cc2c1. The number of benzene rings is 1. The molecule has 0 saturated carbocycles. The Bertz CT molecular complexity index is 1250. The van der Waals surface area contributed by atoms with Gasteiger partial charge in [-0.2, -0.15) is 13.2 Å². The second kappa shape index (κ2) is 9.74. The van der Waals surface area contributed by atoms with Crippen LogP contribution in [-0.2, 0) is 17.9 Å². The first-order valence-corrected chi connectivity index (χ1v) is 10.4. The summed E-state index contributed by atoms with van der Waals surface area (Å²) in [5.74, 6) is 5.15. The van der Waals surface area contributed by atoms with Gasteiger partial charge in [-0.25, -0.2) is 10.8 Å². The number of carbonyl (C=O) groups excluding carboxylic acids is 1. The number of rotatable bonds is 6.